The maximum Gasteiger partial charge on any atom is 0.129 e. The molecule has 1 fully saturated rings. The van der Waals surface area contributed by atoms with Gasteiger partial charge in [-0.15, -0.1) is 0 Å². The van der Waals surface area contributed by atoms with E-state index >= 15 is 0 Å². The number of halogens is 1. The van der Waals surface area contributed by atoms with Gasteiger partial charge in [0.15, 0.2) is 0 Å². The molecule has 0 saturated carbocycles. The summed E-state index contributed by atoms with van der Waals surface area (Å²) in [6, 6.07) is 4.82. The first-order valence-corrected chi connectivity index (χ1v) is 6.06. The number of aliphatic hydroxyl groups excluding tert-OH is 1. The zero-order chi connectivity index (χ0) is 12.3. The minimum absolute atomic E-state index is 0.228. The van der Waals surface area contributed by atoms with Crippen LogP contribution < -0.4 is 5.73 Å². The lowest BCUT2D eigenvalue weighted by Gasteiger charge is -2.31. The average Bonchev–Trinajstić information content (AvgIpc) is 2.35. The van der Waals surface area contributed by atoms with E-state index in [1.54, 1.807) is 12.1 Å². The average molecular weight is 238 g/mol. The van der Waals surface area contributed by atoms with Crippen molar-refractivity contribution in [3.05, 3.63) is 29.6 Å². The molecule has 3 nitrogen and oxygen atoms in total. The molecule has 0 unspecified atom stereocenters. The lowest BCUT2D eigenvalue weighted by Crippen LogP contribution is -2.34. The van der Waals surface area contributed by atoms with E-state index in [9.17, 15) is 4.39 Å². The molecule has 1 saturated heterocycles. The molecule has 0 amide bonds. The zero-order valence-electron chi connectivity index (χ0n) is 9.90. The summed E-state index contributed by atoms with van der Waals surface area (Å²) in [7, 11) is 0. The third-order valence-electron chi connectivity index (χ3n) is 3.50. The van der Waals surface area contributed by atoms with Crippen LogP contribution in [0.25, 0.3) is 0 Å². The number of hydrogen-bond donors (Lipinski definition) is 2. The Bertz CT molecular complexity index is 355. The summed E-state index contributed by atoms with van der Waals surface area (Å²) in [6.45, 7) is 2.63. The van der Waals surface area contributed by atoms with Crippen molar-refractivity contribution in [2.75, 3.05) is 25.4 Å². The third kappa shape index (κ3) is 2.96. The molecule has 17 heavy (non-hydrogen) atoms. The van der Waals surface area contributed by atoms with Crippen LogP contribution in [0.4, 0.5) is 10.1 Å². The molecule has 0 bridgehead atoms. The van der Waals surface area contributed by atoms with Gasteiger partial charge in [-0.3, -0.25) is 4.90 Å². The molecule has 0 aliphatic carbocycles. The number of piperidine rings is 1. The van der Waals surface area contributed by atoms with Crippen molar-refractivity contribution < 1.29 is 9.50 Å². The van der Waals surface area contributed by atoms with E-state index in [0.29, 0.717) is 23.7 Å². The topological polar surface area (TPSA) is 49.5 Å². The Morgan fingerprint density at radius 1 is 1.35 bits per heavy atom. The molecule has 2 rings (SSSR count). The number of aliphatic hydroxyl groups is 1. The van der Waals surface area contributed by atoms with Gasteiger partial charge < -0.3 is 10.8 Å². The quantitative estimate of drug-likeness (QED) is 0.787. The molecule has 1 aromatic carbocycles. The fourth-order valence-corrected chi connectivity index (χ4v) is 2.29. The molecule has 0 radical (unpaired) electrons. The summed E-state index contributed by atoms with van der Waals surface area (Å²) < 4.78 is 13.6. The smallest absolute Gasteiger partial charge is 0.129 e. The van der Waals surface area contributed by atoms with Crippen LogP contribution in [0.2, 0.25) is 0 Å². The molecule has 1 aromatic rings. The number of likely N-dealkylation sites (tertiary alicyclic amines) is 1. The summed E-state index contributed by atoms with van der Waals surface area (Å²) in [4.78, 5) is 2.20. The Labute approximate surface area is 101 Å². The van der Waals surface area contributed by atoms with Crippen molar-refractivity contribution in [3.8, 4) is 0 Å². The Hall–Kier alpha value is -1.13. The number of benzene rings is 1. The van der Waals surface area contributed by atoms with E-state index in [1.165, 1.54) is 6.07 Å². The minimum Gasteiger partial charge on any atom is -0.398 e. The highest BCUT2D eigenvalue weighted by atomic mass is 19.1. The molecule has 1 aliphatic heterocycles. The number of nitrogen functional groups attached to an aromatic ring is 1. The molecule has 0 aromatic heterocycles. The van der Waals surface area contributed by atoms with Crippen LogP contribution in [0.15, 0.2) is 18.2 Å². The predicted octanol–water partition coefficient (Wildman–Crippen LogP) is 1.61. The van der Waals surface area contributed by atoms with E-state index in [0.717, 1.165) is 25.9 Å². The van der Waals surface area contributed by atoms with Crippen molar-refractivity contribution in [2.45, 2.75) is 19.4 Å². The van der Waals surface area contributed by atoms with Gasteiger partial charge in [-0.1, -0.05) is 6.07 Å². The van der Waals surface area contributed by atoms with E-state index in [1.807, 2.05) is 0 Å². The van der Waals surface area contributed by atoms with Crippen LogP contribution >= 0.6 is 0 Å². The lowest BCUT2D eigenvalue weighted by atomic mass is 9.97. The van der Waals surface area contributed by atoms with Gasteiger partial charge in [0.25, 0.3) is 0 Å². The summed E-state index contributed by atoms with van der Waals surface area (Å²) in [5, 5.41) is 9.06. The second-order valence-corrected chi connectivity index (χ2v) is 4.71. The van der Waals surface area contributed by atoms with E-state index in [-0.39, 0.29) is 12.4 Å². The molecular weight excluding hydrogens is 219 g/mol. The normalized spacial score (nSPS) is 18.5. The maximum atomic E-state index is 13.6. The highest BCUT2D eigenvalue weighted by Gasteiger charge is 2.20. The van der Waals surface area contributed by atoms with Gasteiger partial charge in [0.05, 0.1) is 0 Å². The molecule has 3 N–H and O–H groups in total. The Balaban J connectivity index is 1.98. The monoisotopic (exact) mass is 238 g/mol. The van der Waals surface area contributed by atoms with Gasteiger partial charge in [0.1, 0.15) is 5.82 Å². The predicted molar refractivity (Wildman–Crippen MR) is 65.9 cm³/mol. The summed E-state index contributed by atoms with van der Waals surface area (Å²) in [5.41, 5.74) is 6.90. The molecule has 1 aliphatic rings. The van der Waals surface area contributed by atoms with Crippen molar-refractivity contribution >= 4 is 5.69 Å². The van der Waals surface area contributed by atoms with Crippen LogP contribution in [0.3, 0.4) is 0 Å². The van der Waals surface area contributed by atoms with Crippen LogP contribution in [0.1, 0.15) is 18.4 Å². The fourth-order valence-electron chi connectivity index (χ4n) is 2.29. The maximum absolute atomic E-state index is 13.6. The van der Waals surface area contributed by atoms with Crippen LogP contribution in [0.5, 0.6) is 0 Å². The van der Waals surface area contributed by atoms with Crippen molar-refractivity contribution in [3.63, 3.8) is 0 Å². The van der Waals surface area contributed by atoms with Gasteiger partial charge in [0.2, 0.25) is 0 Å². The fraction of sp³-hybridized carbons (Fsp3) is 0.538. The number of hydrogen-bond acceptors (Lipinski definition) is 3. The van der Waals surface area contributed by atoms with Gasteiger partial charge >= 0.3 is 0 Å². The van der Waals surface area contributed by atoms with E-state index < -0.39 is 0 Å². The van der Waals surface area contributed by atoms with Crippen molar-refractivity contribution in [2.24, 2.45) is 5.92 Å². The Kier molecular flexibility index (Phi) is 3.97. The number of rotatable bonds is 3. The summed E-state index contributed by atoms with van der Waals surface area (Å²) >= 11 is 0. The van der Waals surface area contributed by atoms with E-state index in [4.69, 9.17) is 10.8 Å². The highest BCUT2D eigenvalue weighted by molar-refractivity contribution is 5.47. The molecule has 1 heterocycles. The second-order valence-electron chi connectivity index (χ2n) is 4.71. The van der Waals surface area contributed by atoms with Crippen LogP contribution in [-0.4, -0.2) is 29.7 Å². The largest absolute Gasteiger partial charge is 0.398 e. The number of nitrogens with zero attached hydrogens (tertiary/aromatic N) is 1. The first kappa shape index (κ1) is 12.3. The number of nitrogens with two attached hydrogens (primary N) is 1. The first-order chi connectivity index (χ1) is 8.20. The Morgan fingerprint density at radius 2 is 2.06 bits per heavy atom. The minimum atomic E-state index is -0.228. The van der Waals surface area contributed by atoms with Crippen LogP contribution in [0, 0.1) is 11.7 Å². The standard InChI is InChI=1S/C13H19FN2O/c14-12-2-1-3-13(15)11(12)8-16-6-4-10(9-17)5-7-16/h1-3,10,17H,4-9,15H2. The van der Waals surface area contributed by atoms with Crippen molar-refractivity contribution in [1.29, 1.82) is 0 Å². The molecular formula is C13H19FN2O. The number of anilines is 1. The molecule has 94 valence electrons. The first-order valence-electron chi connectivity index (χ1n) is 6.06. The van der Waals surface area contributed by atoms with Gasteiger partial charge in [-0.25, -0.2) is 4.39 Å². The SMILES string of the molecule is Nc1cccc(F)c1CN1CCC(CO)CC1. The summed E-state index contributed by atoms with van der Waals surface area (Å²) in [6.07, 6.45) is 1.95. The molecule has 0 atom stereocenters. The van der Waals surface area contributed by atoms with Gasteiger partial charge in [0, 0.05) is 24.4 Å². The second kappa shape index (κ2) is 5.47. The Morgan fingerprint density at radius 3 is 2.65 bits per heavy atom. The van der Waals surface area contributed by atoms with E-state index in [2.05, 4.69) is 4.90 Å². The van der Waals surface area contributed by atoms with Gasteiger partial charge in [-0.2, -0.15) is 0 Å². The highest BCUT2D eigenvalue weighted by Crippen LogP contribution is 2.22. The summed E-state index contributed by atoms with van der Waals surface area (Å²) in [5.74, 6) is 0.179. The molecule has 4 heteroatoms. The molecule has 0 spiro atoms. The van der Waals surface area contributed by atoms with Gasteiger partial charge in [-0.05, 0) is 44.0 Å². The lowest BCUT2D eigenvalue weighted by molar-refractivity contribution is 0.127. The zero-order valence-corrected chi connectivity index (χ0v) is 9.90. The third-order valence-corrected chi connectivity index (χ3v) is 3.50. The van der Waals surface area contributed by atoms with Crippen LogP contribution in [-0.2, 0) is 6.54 Å². The van der Waals surface area contributed by atoms with Crippen molar-refractivity contribution in [1.82, 2.24) is 4.90 Å².